The van der Waals surface area contributed by atoms with E-state index < -0.39 is 5.60 Å². The topological polar surface area (TPSA) is 78.2 Å². The Morgan fingerprint density at radius 1 is 1.48 bits per heavy atom. The Balaban J connectivity index is 1.80. The van der Waals surface area contributed by atoms with E-state index in [1.165, 1.54) is 0 Å². The van der Waals surface area contributed by atoms with Crippen molar-refractivity contribution in [3.05, 3.63) is 24.0 Å². The summed E-state index contributed by atoms with van der Waals surface area (Å²) in [6.07, 6.45) is 3.21. The van der Waals surface area contributed by atoms with Crippen LogP contribution in [0, 0.1) is 17.2 Å². The van der Waals surface area contributed by atoms with Crippen molar-refractivity contribution in [1.29, 1.82) is 5.26 Å². The Labute approximate surface area is 137 Å². The number of amides is 1. The number of hydrogen-bond acceptors (Lipinski definition) is 5. The van der Waals surface area contributed by atoms with Crippen LogP contribution in [0.5, 0.6) is 0 Å². The van der Waals surface area contributed by atoms with E-state index in [1.54, 1.807) is 6.20 Å². The summed E-state index contributed by atoms with van der Waals surface area (Å²) in [5, 5.41) is 12.0. The molecule has 0 aromatic carbocycles. The lowest BCUT2D eigenvalue weighted by Gasteiger charge is -2.33. The largest absolute Gasteiger partial charge is 0.444 e. The fourth-order valence-electron chi connectivity index (χ4n) is 2.66. The van der Waals surface area contributed by atoms with Crippen molar-refractivity contribution in [3.8, 4) is 6.07 Å². The summed E-state index contributed by atoms with van der Waals surface area (Å²) in [6.45, 7) is 7.91. The van der Waals surface area contributed by atoms with Gasteiger partial charge in [-0.3, -0.25) is 0 Å². The van der Waals surface area contributed by atoms with E-state index in [9.17, 15) is 4.79 Å². The normalized spacial score (nSPS) is 15.8. The number of rotatable bonds is 3. The molecule has 0 bridgehead atoms. The molecule has 1 aliphatic heterocycles. The first-order chi connectivity index (χ1) is 10.9. The van der Waals surface area contributed by atoms with E-state index in [-0.39, 0.29) is 6.09 Å². The molecule has 1 fully saturated rings. The maximum atomic E-state index is 11.7. The van der Waals surface area contributed by atoms with Crippen LogP contribution in [0.2, 0.25) is 0 Å². The fourth-order valence-corrected chi connectivity index (χ4v) is 2.66. The van der Waals surface area contributed by atoms with E-state index in [0.29, 0.717) is 18.2 Å². The van der Waals surface area contributed by atoms with Gasteiger partial charge in [0.15, 0.2) is 5.69 Å². The zero-order valence-electron chi connectivity index (χ0n) is 14.0. The van der Waals surface area contributed by atoms with Gasteiger partial charge in [0, 0.05) is 25.8 Å². The second-order valence-corrected chi connectivity index (χ2v) is 6.80. The molecule has 1 N–H and O–H groups in total. The fraction of sp³-hybridized carbons (Fsp3) is 0.588. The van der Waals surface area contributed by atoms with Crippen LogP contribution in [0.3, 0.4) is 0 Å². The standard InChI is InChI=1S/C17H24N4O2/c1-17(2,3)23-16(22)20-12-13-6-9-21(10-7-13)15-5-4-8-19-14(15)11-18/h4-5,8,13H,6-7,9-10,12H2,1-3H3,(H,20,22). The quantitative estimate of drug-likeness (QED) is 0.927. The molecule has 1 aromatic rings. The molecular weight excluding hydrogens is 292 g/mol. The zero-order valence-corrected chi connectivity index (χ0v) is 14.0. The van der Waals surface area contributed by atoms with Crippen LogP contribution in [0.1, 0.15) is 39.3 Å². The highest BCUT2D eigenvalue weighted by Crippen LogP contribution is 2.24. The van der Waals surface area contributed by atoms with Crippen LogP contribution >= 0.6 is 0 Å². The molecule has 0 saturated carbocycles. The van der Waals surface area contributed by atoms with Crippen LogP contribution in [0.4, 0.5) is 10.5 Å². The first-order valence-corrected chi connectivity index (χ1v) is 7.96. The van der Waals surface area contributed by atoms with Crippen LogP contribution in [0.25, 0.3) is 0 Å². The molecule has 0 atom stereocenters. The molecular formula is C17H24N4O2. The highest BCUT2D eigenvalue weighted by atomic mass is 16.6. The summed E-state index contributed by atoms with van der Waals surface area (Å²) in [5.74, 6) is 0.431. The lowest BCUT2D eigenvalue weighted by molar-refractivity contribution is 0.0517. The van der Waals surface area contributed by atoms with Crippen molar-refractivity contribution in [2.75, 3.05) is 24.5 Å². The van der Waals surface area contributed by atoms with Crippen molar-refractivity contribution >= 4 is 11.8 Å². The van der Waals surface area contributed by atoms with Gasteiger partial charge >= 0.3 is 6.09 Å². The molecule has 0 spiro atoms. The average molecular weight is 316 g/mol. The van der Waals surface area contributed by atoms with Gasteiger partial charge in [0.05, 0.1) is 5.69 Å². The van der Waals surface area contributed by atoms with Crippen molar-refractivity contribution < 1.29 is 9.53 Å². The van der Waals surface area contributed by atoms with Gasteiger partial charge in [0.2, 0.25) is 0 Å². The molecule has 1 amide bonds. The number of anilines is 1. The number of piperidine rings is 1. The molecule has 1 saturated heterocycles. The zero-order chi connectivity index (χ0) is 16.9. The second-order valence-electron chi connectivity index (χ2n) is 6.80. The number of nitrogens with zero attached hydrogens (tertiary/aromatic N) is 3. The number of hydrogen-bond donors (Lipinski definition) is 1. The van der Waals surface area contributed by atoms with Gasteiger partial charge in [-0.15, -0.1) is 0 Å². The molecule has 23 heavy (non-hydrogen) atoms. The summed E-state index contributed by atoms with van der Waals surface area (Å²) >= 11 is 0. The Morgan fingerprint density at radius 2 is 2.17 bits per heavy atom. The maximum absolute atomic E-state index is 11.7. The third kappa shape index (κ3) is 5.13. The van der Waals surface area contributed by atoms with Crippen LogP contribution < -0.4 is 10.2 Å². The summed E-state index contributed by atoms with van der Waals surface area (Å²) < 4.78 is 5.24. The minimum absolute atomic E-state index is 0.362. The molecule has 1 aliphatic rings. The summed E-state index contributed by atoms with van der Waals surface area (Å²) in [6, 6.07) is 5.93. The molecule has 0 unspecified atom stereocenters. The molecule has 6 nitrogen and oxygen atoms in total. The SMILES string of the molecule is CC(C)(C)OC(=O)NCC1CCN(c2cccnc2C#N)CC1. The Hall–Kier alpha value is -2.29. The molecule has 124 valence electrons. The van der Waals surface area contributed by atoms with Gasteiger partial charge in [-0.05, 0) is 51.7 Å². The van der Waals surface area contributed by atoms with Crippen LogP contribution in [0.15, 0.2) is 18.3 Å². The molecule has 0 aliphatic carbocycles. The number of aromatic nitrogens is 1. The number of nitrogens with one attached hydrogen (secondary N) is 1. The Bertz CT molecular complexity index is 581. The van der Waals surface area contributed by atoms with Gasteiger partial charge in [0.25, 0.3) is 0 Å². The van der Waals surface area contributed by atoms with Crippen molar-refractivity contribution in [1.82, 2.24) is 10.3 Å². The number of carbonyl (C=O) groups is 1. The number of pyridine rings is 1. The van der Waals surface area contributed by atoms with Crippen molar-refractivity contribution in [2.24, 2.45) is 5.92 Å². The Morgan fingerprint density at radius 3 is 2.78 bits per heavy atom. The lowest BCUT2D eigenvalue weighted by Crippen LogP contribution is -2.40. The third-order valence-electron chi connectivity index (χ3n) is 3.78. The second kappa shape index (κ2) is 7.32. The lowest BCUT2D eigenvalue weighted by atomic mass is 9.96. The highest BCUT2D eigenvalue weighted by molar-refractivity contribution is 5.67. The predicted octanol–water partition coefficient (Wildman–Crippen LogP) is 2.69. The van der Waals surface area contributed by atoms with E-state index in [0.717, 1.165) is 31.6 Å². The first kappa shape index (κ1) is 17.1. The van der Waals surface area contributed by atoms with E-state index in [4.69, 9.17) is 10.00 Å². The number of nitriles is 1. The summed E-state index contributed by atoms with van der Waals surface area (Å²) in [5.41, 5.74) is 0.896. The van der Waals surface area contributed by atoms with Gasteiger partial charge in [-0.25, -0.2) is 9.78 Å². The molecule has 6 heteroatoms. The van der Waals surface area contributed by atoms with Crippen molar-refractivity contribution in [3.63, 3.8) is 0 Å². The van der Waals surface area contributed by atoms with E-state index in [1.807, 2.05) is 32.9 Å². The average Bonchev–Trinajstić information content (AvgIpc) is 2.52. The third-order valence-corrected chi connectivity index (χ3v) is 3.78. The van der Waals surface area contributed by atoms with E-state index >= 15 is 0 Å². The molecule has 1 aromatic heterocycles. The van der Waals surface area contributed by atoms with Crippen molar-refractivity contribution in [2.45, 2.75) is 39.2 Å². The number of alkyl carbamates (subject to hydrolysis) is 1. The van der Waals surface area contributed by atoms with Crippen LogP contribution in [-0.2, 0) is 4.74 Å². The molecule has 2 heterocycles. The smallest absolute Gasteiger partial charge is 0.407 e. The minimum atomic E-state index is -0.471. The summed E-state index contributed by atoms with van der Waals surface area (Å²) in [4.78, 5) is 18.0. The molecule has 0 radical (unpaired) electrons. The Kier molecular flexibility index (Phi) is 5.43. The predicted molar refractivity (Wildman–Crippen MR) is 88.1 cm³/mol. The highest BCUT2D eigenvalue weighted by Gasteiger charge is 2.23. The van der Waals surface area contributed by atoms with E-state index in [2.05, 4.69) is 21.3 Å². The van der Waals surface area contributed by atoms with Gasteiger partial charge < -0.3 is 15.0 Å². The first-order valence-electron chi connectivity index (χ1n) is 7.96. The minimum Gasteiger partial charge on any atom is -0.444 e. The maximum Gasteiger partial charge on any atom is 0.407 e. The van der Waals surface area contributed by atoms with Gasteiger partial charge in [0.1, 0.15) is 11.7 Å². The summed E-state index contributed by atoms with van der Waals surface area (Å²) in [7, 11) is 0. The van der Waals surface area contributed by atoms with Crippen LogP contribution in [-0.4, -0.2) is 36.3 Å². The monoisotopic (exact) mass is 316 g/mol. The molecule has 2 rings (SSSR count). The van der Waals surface area contributed by atoms with Gasteiger partial charge in [-0.2, -0.15) is 5.26 Å². The van der Waals surface area contributed by atoms with Gasteiger partial charge in [-0.1, -0.05) is 0 Å². The number of ether oxygens (including phenoxy) is 1. The number of carbonyl (C=O) groups excluding carboxylic acids is 1.